The van der Waals surface area contributed by atoms with E-state index in [1.165, 1.54) is 37.0 Å². The number of nitrogens with zero attached hydrogens (tertiary/aromatic N) is 2. The molecule has 0 bridgehead atoms. The first-order chi connectivity index (χ1) is 10.1. The number of carbonyl (C=O) groups excluding carboxylic acids is 1. The summed E-state index contributed by atoms with van der Waals surface area (Å²) < 4.78 is 0.995. The zero-order chi connectivity index (χ0) is 14.8. The number of benzene rings is 1. The zero-order valence-electron chi connectivity index (χ0n) is 12.1. The van der Waals surface area contributed by atoms with Crippen LogP contribution in [0.25, 0.3) is 10.2 Å². The quantitative estimate of drug-likeness (QED) is 0.852. The van der Waals surface area contributed by atoms with Gasteiger partial charge in [-0.05, 0) is 38.1 Å². The molecule has 1 aliphatic carbocycles. The van der Waals surface area contributed by atoms with Gasteiger partial charge in [0.05, 0.1) is 16.8 Å². The molecule has 112 valence electrons. The first kappa shape index (κ1) is 14.3. The van der Waals surface area contributed by atoms with Crippen molar-refractivity contribution in [1.82, 2.24) is 9.88 Å². The largest absolute Gasteiger partial charge is 0.399 e. The third-order valence-corrected chi connectivity index (χ3v) is 4.93. The summed E-state index contributed by atoms with van der Waals surface area (Å²) in [7, 11) is 2.02. The number of nitrogens with two attached hydrogens (primary N) is 1. The van der Waals surface area contributed by atoms with Crippen LogP contribution in [0.15, 0.2) is 18.2 Å². The van der Waals surface area contributed by atoms with E-state index < -0.39 is 0 Å². The van der Waals surface area contributed by atoms with E-state index in [-0.39, 0.29) is 5.91 Å². The summed E-state index contributed by atoms with van der Waals surface area (Å²) >= 11 is 1.46. The van der Waals surface area contributed by atoms with Crippen LogP contribution in [0.1, 0.15) is 25.7 Å². The van der Waals surface area contributed by atoms with Crippen molar-refractivity contribution in [2.75, 3.05) is 24.6 Å². The van der Waals surface area contributed by atoms with E-state index >= 15 is 0 Å². The second-order valence-electron chi connectivity index (χ2n) is 5.65. The number of nitrogens with one attached hydrogen (secondary N) is 1. The molecule has 5 nitrogen and oxygen atoms in total. The first-order valence-electron chi connectivity index (χ1n) is 7.28. The summed E-state index contributed by atoms with van der Waals surface area (Å²) in [6, 6.07) is 6.13. The lowest BCUT2D eigenvalue weighted by molar-refractivity contribution is -0.117. The highest BCUT2D eigenvalue weighted by molar-refractivity contribution is 7.22. The van der Waals surface area contributed by atoms with Crippen LogP contribution in [0.2, 0.25) is 0 Å². The van der Waals surface area contributed by atoms with Crippen LogP contribution in [0, 0.1) is 0 Å². The van der Waals surface area contributed by atoms with Gasteiger partial charge >= 0.3 is 0 Å². The van der Waals surface area contributed by atoms with Crippen LogP contribution in [-0.4, -0.2) is 35.4 Å². The first-order valence-corrected chi connectivity index (χ1v) is 8.09. The van der Waals surface area contributed by atoms with E-state index in [1.54, 1.807) is 0 Å². The number of aromatic nitrogens is 1. The van der Waals surface area contributed by atoms with E-state index in [1.807, 2.05) is 25.2 Å². The number of anilines is 2. The van der Waals surface area contributed by atoms with Crippen LogP contribution in [0.5, 0.6) is 0 Å². The molecule has 3 rings (SSSR count). The fourth-order valence-corrected chi connectivity index (χ4v) is 3.78. The minimum atomic E-state index is -0.00331. The minimum Gasteiger partial charge on any atom is -0.399 e. The van der Waals surface area contributed by atoms with Crippen molar-refractivity contribution < 1.29 is 4.79 Å². The molecular weight excluding hydrogens is 284 g/mol. The van der Waals surface area contributed by atoms with E-state index in [9.17, 15) is 4.79 Å². The summed E-state index contributed by atoms with van der Waals surface area (Å²) in [5.41, 5.74) is 7.34. The molecule has 0 aliphatic heterocycles. The number of rotatable bonds is 4. The summed E-state index contributed by atoms with van der Waals surface area (Å²) in [6.45, 7) is 0.419. The average Bonchev–Trinajstić information content (AvgIpc) is 3.06. The van der Waals surface area contributed by atoms with Crippen LogP contribution in [0.3, 0.4) is 0 Å². The van der Waals surface area contributed by atoms with Crippen molar-refractivity contribution in [3.63, 3.8) is 0 Å². The van der Waals surface area contributed by atoms with Crippen LogP contribution in [-0.2, 0) is 4.79 Å². The molecule has 1 heterocycles. The second-order valence-corrected chi connectivity index (χ2v) is 6.68. The van der Waals surface area contributed by atoms with E-state index in [2.05, 4.69) is 15.2 Å². The van der Waals surface area contributed by atoms with Crippen LogP contribution in [0.4, 0.5) is 10.8 Å². The third kappa shape index (κ3) is 3.33. The molecule has 2 aromatic rings. The van der Waals surface area contributed by atoms with Crippen LogP contribution < -0.4 is 11.1 Å². The molecule has 0 radical (unpaired) electrons. The Morgan fingerprint density at radius 2 is 2.24 bits per heavy atom. The fourth-order valence-electron chi connectivity index (χ4n) is 2.85. The van der Waals surface area contributed by atoms with E-state index in [0.717, 1.165) is 10.2 Å². The lowest BCUT2D eigenvalue weighted by Gasteiger charge is -2.22. The number of fused-ring (bicyclic) bond motifs is 1. The van der Waals surface area contributed by atoms with Gasteiger partial charge in [-0.25, -0.2) is 4.98 Å². The number of thiazole rings is 1. The Morgan fingerprint density at radius 1 is 1.48 bits per heavy atom. The Balaban J connectivity index is 1.62. The normalized spacial score (nSPS) is 15.9. The molecule has 0 saturated heterocycles. The molecule has 3 N–H and O–H groups in total. The monoisotopic (exact) mass is 304 g/mol. The number of carbonyl (C=O) groups is 1. The maximum atomic E-state index is 12.1. The van der Waals surface area contributed by atoms with Gasteiger partial charge in [-0.1, -0.05) is 24.2 Å². The molecule has 0 atom stereocenters. The van der Waals surface area contributed by atoms with Gasteiger partial charge in [0.1, 0.15) is 0 Å². The summed E-state index contributed by atoms with van der Waals surface area (Å²) in [4.78, 5) is 18.7. The molecule has 0 unspecified atom stereocenters. The summed E-state index contributed by atoms with van der Waals surface area (Å²) in [5.74, 6) is -0.00331. The van der Waals surface area contributed by atoms with Gasteiger partial charge in [-0.3, -0.25) is 9.69 Å². The molecule has 0 spiro atoms. The van der Waals surface area contributed by atoms with Crippen molar-refractivity contribution in [3.05, 3.63) is 18.2 Å². The lowest BCUT2D eigenvalue weighted by atomic mass is 10.2. The molecule has 6 heteroatoms. The number of hydrogen-bond donors (Lipinski definition) is 2. The lowest BCUT2D eigenvalue weighted by Crippen LogP contribution is -2.36. The third-order valence-electron chi connectivity index (χ3n) is 4.00. The Kier molecular flexibility index (Phi) is 4.07. The molecule has 1 saturated carbocycles. The van der Waals surface area contributed by atoms with Gasteiger partial charge in [0, 0.05) is 11.7 Å². The Bertz CT molecular complexity index is 648. The predicted octanol–water partition coefficient (Wildman–Crippen LogP) is 2.69. The van der Waals surface area contributed by atoms with Crippen molar-refractivity contribution in [3.8, 4) is 0 Å². The number of amides is 1. The van der Waals surface area contributed by atoms with Gasteiger partial charge in [-0.15, -0.1) is 0 Å². The predicted molar refractivity (Wildman–Crippen MR) is 87.5 cm³/mol. The van der Waals surface area contributed by atoms with Crippen molar-refractivity contribution in [2.45, 2.75) is 31.7 Å². The molecule has 1 aliphatic rings. The van der Waals surface area contributed by atoms with Gasteiger partial charge in [0.2, 0.25) is 5.91 Å². The molecule has 1 fully saturated rings. The molecule has 1 aromatic heterocycles. The number of nitrogen functional groups attached to an aromatic ring is 1. The Hall–Kier alpha value is -1.66. The summed E-state index contributed by atoms with van der Waals surface area (Å²) in [6.07, 6.45) is 4.94. The fraction of sp³-hybridized carbons (Fsp3) is 0.467. The van der Waals surface area contributed by atoms with Gasteiger partial charge in [0.15, 0.2) is 5.13 Å². The highest BCUT2D eigenvalue weighted by Crippen LogP contribution is 2.27. The minimum absolute atomic E-state index is 0.00331. The maximum absolute atomic E-state index is 12.1. The molecule has 21 heavy (non-hydrogen) atoms. The standard InChI is InChI=1S/C15H20N4OS/c1-19(11-4-2-3-5-11)9-14(20)18-15-17-12-7-6-10(16)8-13(12)21-15/h6-8,11H,2-5,9,16H2,1H3,(H,17,18,20). The van der Waals surface area contributed by atoms with Gasteiger partial charge in [0.25, 0.3) is 0 Å². The van der Waals surface area contributed by atoms with Crippen molar-refractivity contribution >= 4 is 38.3 Å². The highest BCUT2D eigenvalue weighted by Gasteiger charge is 2.21. The SMILES string of the molecule is CN(CC(=O)Nc1nc2ccc(N)cc2s1)C1CCCC1. The van der Waals surface area contributed by atoms with E-state index in [0.29, 0.717) is 23.4 Å². The van der Waals surface area contributed by atoms with Crippen molar-refractivity contribution in [1.29, 1.82) is 0 Å². The Morgan fingerprint density at radius 3 is 3.00 bits per heavy atom. The van der Waals surface area contributed by atoms with Crippen molar-refractivity contribution in [2.24, 2.45) is 0 Å². The van der Waals surface area contributed by atoms with E-state index in [4.69, 9.17) is 5.73 Å². The topological polar surface area (TPSA) is 71.2 Å². The molecule has 1 aromatic carbocycles. The highest BCUT2D eigenvalue weighted by atomic mass is 32.1. The van der Waals surface area contributed by atoms with Crippen LogP contribution >= 0.6 is 11.3 Å². The van der Waals surface area contributed by atoms with Gasteiger partial charge < -0.3 is 11.1 Å². The Labute approximate surface area is 128 Å². The smallest absolute Gasteiger partial charge is 0.240 e. The zero-order valence-corrected chi connectivity index (χ0v) is 12.9. The average molecular weight is 304 g/mol. The molecule has 1 amide bonds. The summed E-state index contributed by atoms with van der Waals surface area (Å²) in [5, 5.41) is 3.53. The molecular formula is C15H20N4OS. The number of hydrogen-bond acceptors (Lipinski definition) is 5. The number of likely N-dealkylation sites (N-methyl/N-ethyl adjacent to an activating group) is 1. The maximum Gasteiger partial charge on any atom is 0.240 e. The van der Waals surface area contributed by atoms with Gasteiger partial charge in [-0.2, -0.15) is 0 Å². The second kappa shape index (κ2) is 5.99.